The summed E-state index contributed by atoms with van der Waals surface area (Å²) in [6.07, 6.45) is 11.8. The Morgan fingerprint density at radius 3 is 2.00 bits per heavy atom. The van der Waals surface area contributed by atoms with Gasteiger partial charge < -0.3 is 0 Å². The van der Waals surface area contributed by atoms with Crippen molar-refractivity contribution in [3.8, 4) is 0 Å². The third kappa shape index (κ3) is 7.17. The van der Waals surface area contributed by atoms with Crippen LogP contribution in [0.15, 0.2) is 11.6 Å². The first-order chi connectivity index (χ1) is 6.74. The molecule has 0 saturated heterocycles. The molecule has 0 fully saturated rings. The molecule has 0 aromatic carbocycles. The van der Waals surface area contributed by atoms with E-state index in [0.29, 0.717) is 0 Å². The van der Waals surface area contributed by atoms with Crippen LogP contribution < -0.4 is 0 Å². The molecule has 0 saturated carbocycles. The van der Waals surface area contributed by atoms with E-state index in [2.05, 4.69) is 33.8 Å². The van der Waals surface area contributed by atoms with Crippen molar-refractivity contribution in [1.29, 1.82) is 0 Å². The van der Waals surface area contributed by atoms with Gasteiger partial charge in [0.25, 0.3) is 0 Å². The molecule has 0 N–H and O–H groups in total. The summed E-state index contributed by atoms with van der Waals surface area (Å²) < 4.78 is 0. The predicted molar refractivity (Wildman–Crippen MR) is 66.6 cm³/mol. The lowest BCUT2D eigenvalue weighted by Crippen LogP contribution is -2.00. The Morgan fingerprint density at radius 2 is 1.57 bits per heavy atom. The van der Waals surface area contributed by atoms with Crippen molar-refractivity contribution < 1.29 is 0 Å². The Bertz CT molecular complexity index is 138. The minimum absolute atomic E-state index is 0.943. The van der Waals surface area contributed by atoms with Gasteiger partial charge in [0.2, 0.25) is 0 Å². The summed E-state index contributed by atoms with van der Waals surface area (Å²) in [5.74, 6) is 0.943. The average molecular weight is 196 g/mol. The fraction of sp³-hybridized carbons (Fsp3) is 0.857. The van der Waals surface area contributed by atoms with Gasteiger partial charge in [-0.1, -0.05) is 64.5 Å². The lowest BCUT2D eigenvalue weighted by Gasteiger charge is -2.15. The molecule has 14 heavy (non-hydrogen) atoms. The van der Waals surface area contributed by atoms with Crippen molar-refractivity contribution in [2.45, 2.75) is 72.6 Å². The minimum atomic E-state index is 0.943. The fourth-order valence-corrected chi connectivity index (χ4v) is 2.09. The normalized spacial score (nSPS) is 12.5. The van der Waals surface area contributed by atoms with Crippen LogP contribution in [0.2, 0.25) is 0 Å². The van der Waals surface area contributed by atoms with Gasteiger partial charge in [-0.2, -0.15) is 0 Å². The number of unbranched alkanes of at least 4 members (excludes halogenated alkanes) is 1. The largest absolute Gasteiger partial charge is 0.0856 e. The summed E-state index contributed by atoms with van der Waals surface area (Å²) in [6, 6.07) is 0. The summed E-state index contributed by atoms with van der Waals surface area (Å²) >= 11 is 0. The van der Waals surface area contributed by atoms with Crippen LogP contribution in [-0.2, 0) is 0 Å². The van der Waals surface area contributed by atoms with Crippen molar-refractivity contribution in [3.05, 3.63) is 11.6 Å². The number of hydrogen-bond acceptors (Lipinski definition) is 0. The van der Waals surface area contributed by atoms with Gasteiger partial charge in [0, 0.05) is 0 Å². The summed E-state index contributed by atoms with van der Waals surface area (Å²) in [5.41, 5.74) is 1.61. The smallest absolute Gasteiger partial charge is 0.0295 e. The maximum absolute atomic E-state index is 2.43. The van der Waals surface area contributed by atoms with Crippen LogP contribution >= 0.6 is 0 Å². The lowest BCUT2D eigenvalue weighted by atomic mass is 9.91. The first-order valence-electron chi connectivity index (χ1n) is 6.40. The second-order valence-corrected chi connectivity index (χ2v) is 4.49. The molecular formula is C14H28. The first kappa shape index (κ1) is 13.7. The van der Waals surface area contributed by atoms with Gasteiger partial charge in [-0.05, 0) is 25.7 Å². The molecule has 0 heteroatoms. The molecule has 0 radical (unpaired) electrons. The Kier molecular flexibility index (Phi) is 9.13. The zero-order valence-electron chi connectivity index (χ0n) is 10.6. The second kappa shape index (κ2) is 9.30. The van der Waals surface area contributed by atoms with Crippen molar-refractivity contribution >= 4 is 0 Å². The molecule has 0 aliphatic carbocycles. The van der Waals surface area contributed by atoms with E-state index in [1.807, 2.05) is 0 Å². The molecule has 0 bridgehead atoms. The zero-order chi connectivity index (χ0) is 10.8. The van der Waals surface area contributed by atoms with E-state index in [9.17, 15) is 0 Å². The van der Waals surface area contributed by atoms with E-state index in [0.717, 1.165) is 5.92 Å². The van der Waals surface area contributed by atoms with Crippen molar-refractivity contribution in [1.82, 2.24) is 0 Å². The van der Waals surface area contributed by atoms with E-state index in [1.165, 1.54) is 44.9 Å². The highest BCUT2D eigenvalue weighted by atomic mass is 14.1. The summed E-state index contributed by atoms with van der Waals surface area (Å²) in [7, 11) is 0. The SMILES string of the molecule is CCC/C=C(\C)CC(CCC)CCC. The molecule has 0 aliphatic rings. The third-order valence-corrected chi connectivity index (χ3v) is 2.79. The highest BCUT2D eigenvalue weighted by molar-refractivity contribution is 4.99. The summed E-state index contributed by atoms with van der Waals surface area (Å²) in [5, 5.41) is 0. The maximum atomic E-state index is 2.43. The van der Waals surface area contributed by atoms with Gasteiger partial charge in [-0.15, -0.1) is 0 Å². The molecular weight excluding hydrogens is 168 g/mol. The Balaban J connectivity index is 3.87. The van der Waals surface area contributed by atoms with Crippen molar-refractivity contribution in [3.63, 3.8) is 0 Å². The van der Waals surface area contributed by atoms with E-state index in [1.54, 1.807) is 5.57 Å². The quantitative estimate of drug-likeness (QED) is 0.460. The van der Waals surface area contributed by atoms with Gasteiger partial charge in [0.05, 0.1) is 0 Å². The van der Waals surface area contributed by atoms with Gasteiger partial charge in [-0.3, -0.25) is 0 Å². The molecule has 0 amide bonds. The topological polar surface area (TPSA) is 0 Å². The van der Waals surface area contributed by atoms with Crippen LogP contribution in [0, 0.1) is 5.92 Å². The zero-order valence-corrected chi connectivity index (χ0v) is 10.6. The average Bonchev–Trinajstić information content (AvgIpc) is 2.15. The van der Waals surface area contributed by atoms with Crippen LogP contribution in [-0.4, -0.2) is 0 Å². The predicted octanol–water partition coefficient (Wildman–Crippen LogP) is 5.34. The Labute approximate surface area is 90.8 Å². The Morgan fingerprint density at radius 1 is 1.00 bits per heavy atom. The molecule has 0 aromatic rings. The number of allylic oxidation sites excluding steroid dienone is 2. The maximum Gasteiger partial charge on any atom is -0.0295 e. The van der Waals surface area contributed by atoms with E-state index >= 15 is 0 Å². The number of rotatable bonds is 8. The third-order valence-electron chi connectivity index (χ3n) is 2.79. The molecule has 0 nitrogen and oxygen atoms in total. The minimum Gasteiger partial charge on any atom is -0.0856 e. The summed E-state index contributed by atoms with van der Waals surface area (Å²) in [6.45, 7) is 9.15. The molecule has 0 aromatic heterocycles. The molecule has 0 unspecified atom stereocenters. The monoisotopic (exact) mass is 196 g/mol. The number of hydrogen-bond donors (Lipinski definition) is 0. The first-order valence-corrected chi connectivity index (χ1v) is 6.40. The van der Waals surface area contributed by atoms with Crippen molar-refractivity contribution in [2.75, 3.05) is 0 Å². The highest BCUT2D eigenvalue weighted by Gasteiger charge is 2.06. The van der Waals surface area contributed by atoms with Gasteiger partial charge in [-0.25, -0.2) is 0 Å². The fourth-order valence-electron chi connectivity index (χ4n) is 2.09. The molecule has 84 valence electrons. The van der Waals surface area contributed by atoms with Gasteiger partial charge >= 0.3 is 0 Å². The molecule has 0 atom stereocenters. The molecule has 0 heterocycles. The van der Waals surface area contributed by atoms with Gasteiger partial charge in [0.1, 0.15) is 0 Å². The van der Waals surface area contributed by atoms with Crippen LogP contribution in [0.25, 0.3) is 0 Å². The lowest BCUT2D eigenvalue weighted by molar-refractivity contribution is 0.436. The molecule has 0 spiro atoms. The highest BCUT2D eigenvalue weighted by Crippen LogP contribution is 2.22. The second-order valence-electron chi connectivity index (χ2n) is 4.49. The Hall–Kier alpha value is -0.260. The van der Waals surface area contributed by atoms with E-state index in [-0.39, 0.29) is 0 Å². The molecule has 0 rings (SSSR count). The van der Waals surface area contributed by atoms with Crippen LogP contribution in [0.4, 0.5) is 0 Å². The molecule has 0 aliphatic heterocycles. The van der Waals surface area contributed by atoms with Crippen molar-refractivity contribution in [2.24, 2.45) is 5.92 Å². The van der Waals surface area contributed by atoms with Crippen LogP contribution in [0.1, 0.15) is 72.6 Å². The van der Waals surface area contributed by atoms with E-state index in [4.69, 9.17) is 0 Å². The van der Waals surface area contributed by atoms with Crippen LogP contribution in [0.3, 0.4) is 0 Å². The van der Waals surface area contributed by atoms with Gasteiger partial charge in [0.15, 0.2) is 0 Å². The van der Waals surface area contributed by atoms with Crippen LogP contribution in [0.5, 0.6) is 0 Å². The summed E-state index contributed by atoms with van der Waals surface area (Å²) in [4.78, 5) is 0. The standard InChI is InChI=1S/C14H28/c1-5-8-11-13(4)12-14(9-6-2)10-7-3/h11,14H,5-10,12H2,1-4H3/b13-11+. The van der Waals surface area contributed by atoms with E-state index < -0.39 is 0 Å².